The molecule has 2 aliphatic rings. The zero-order valence-corrected chi connectivity index (χ0v) is 12.2. The highest BCUT2D eigenvalue weighted by Crippen LogP contribution is 2.37. The normalized spacial score (nSPS) is 31.4. The van der Waals surface area contributed by atoms with Gasteiger partial charge in [0.15, 0.2) is 0 Å². The molecule has 1 aromatic carbocycles. The molecule has 104 valence electrons. The van der Waals surface area contributed by atoms with Crippen LogP contribution in [0.4, 0.5) is 0 Å². The van der Waals surface area contributed by atoms with Crippen LogP contribution < -0.4 is 0 Å². The topological polar surface area (TPSA) is 23.5 Å². The molecule has 3 rings (SSSR count). The maximum absolute atomic E-state index is 11.1. The van der Waals surface area contributed by atoms with Gasteiger partial charge in [0.1, 0.15) is 0 Å². The van der Waals surface area contributed by atoms with Crippen LogP contribution in [0.1, 0.15) is 42.4 Å². The van der Waals surface area contributed by atoms with Crippen LogP contribution in [0.3, 0.4) is 0 Å². The van der Waals surface area contributed by atoms with Gasteiger partial charge in [-0.05, 0) is 45.2 Å². The molecule has 2 aliphatic heterocycles. The highest BCUT2D eigenvalue weighted by molar-refractivity contribution is 5.30. The van der Waals surface area contributed by atoms with Crippen molar-refractivity contribution in [2.75, 3.05) is 13.1 Å². The molecule has 2 unspecified atom stereocenters. The number of hydrogen-bond acceptors (Lipinski definition) is 2. The minimum Gasteiger partial charge on any atom is -0.388 e. The number of fused-ring (bicyclic) bond motifs is 1. The van der Waals surface area contributed by atoms with Crippen molar-refractivity contribution in [3.63, 3.8) is 0 Å². The zero-order chi connectivity index (χ0) is 13.5. The second kappa shape index (κ2) is 4.92. The lowest BCUT2D eigenvalue weighted by molar-refractivity contribution is -0.00887. The number of benzene rings is 1. The average Bonchev–Trinajstić information content (AvgIpc) is 2.66. The quantitative estimate of drug-likeness (QED) is 0.883. The molecule has 0 aliphatic carbocycles. The molecule has 2 nitrogen and oxygen atoms in total. The second-order valence-corrected chi connectivity index (χ2v) is 6.57. The van der Waals surface area contributed by atoms with Crippen LogP contribution in [0.25, 0.3) is 0 Å². The first kappa shape index (κ1) is 13.1. The number of hydrogen-bond donors (Lipinski definition) is 1. The van der Waals surface area contributed by atoms with Crippen molar-refractivity contribution < 1.29 is 5.11 Å². The van der Waals surface area contributed by atoms with Gasteiger partial charge in [-0.2, -0.15) is 0 Å². The van der Waals surface area contributed by atoms with E-state index in [-0.39, 0.29) is 0 Å². The van der Waals surface area contributed by atoms with Crippen LogP contribution in [0.2, 0.25) is 0 Å². The van der Waals surface area contributed by atoms with Crippen LogP contribution >= 0.6 is 0 Å². The van der Waals surface area contributed by atoms with Crippen molar-refractivity contribution in [2.24, 2.45) is 0 Å². The number of piperidine rings is 1. The van der Waals surface area contributed by atoms with E-state index in [0.29, 0.717) is 6.04 Å². The van der Waals surface area contributed by atoms with Crippen LogP contribution in [0, 0.1) is 13.8 Å². The fourth-order valence-electron chi connectivity index (χ4n) is 4.10. The fourth-order valence-corrected chi connectivity index (χ4v) is 4.10. The molecular weight excluding hydrogens is 234 g/mol. The van der Waals surface area contributed by atoms with E-state index in [9.17, 15) is 5.11 Å². The minimum atomic E-state index is -0.499. The lowest BCUT2D eigenvalue weighted by atomic mass is 9.83. The van der Waals surface area contributed by atoms with Gasteiger partial charge in [-0.3, -0.25) is 4.90 Å². The molecule has 19 heavy (non-hydrogen) atoms. The summed E-state index contributed by atoms with van der Waals surface area (Å²) in [5.41, 5.74) is 3.40. The van der Waals surface area contributed by atoms with E-state index in [1.165, 1.54) is 42.5 Å². The molecule has 0 saturated carbocycles. The molecule has 0 bridgehead atoms. The Morgan fingerprint density at radius 3 is 2.63 bits per heavy atom. The molecule has 0 radical (unpaired) electrons. The molecule has 2 fully saturated rings. The van der Waals surface area contributed by atoms with Gasteiger partial charge in [-0.15, -0.1) is 0 Å². The highest BCUT2D eigenvalue weighted by atomic mass is 16.3. The summed E-state index contributed by atoms with van der Waals surface area (Å²) in [6, 6.07) is 7.06. The lowest BCUT2D eigenvalue weighted by Crippen LogP contribution is -2.48. The number of rotatable bonds is 2. The molecule has 0 amide bonds. The molecular formula is C17H25NO. The molecule has 2 heterocycles. The third kappa shape index (κ3) is 2.56. The van der Waals surface area contributed by atoms with Crippen molar-refractivity contribution in [3.8, 4) is 0 Å². The van der Waals surface area contributed by atoms with Crippen molar-refractivity contribution >= 4 is 0 Å². The molecule has 0 aromatic heterocycles. The second-order valence-electron chi connectivity index (χ2n) is 6.57. The summed E-state index contributed by atoms with van der Waals surface area (Å²) in [4.78, 5) is 2.51. The summed E-state index contributed by atoms with van der Waals surface area (Å²) in [5, 5.41) is 11.1. The Morgan fingerprint density at radius 2 is 1.89 bits per heavy atom. The SMILES string of the molecule is Cc1cc(C)cc(CC2(O)CCN3CCCCC32)c1. The summed E-state index contributed by atoms with van der Waals surface area (Å²) in [6.07, 6.45) is 5.50. The van der Waals surface area contributed by atoms with E-state index in [1.54, 1.807) is 0 Å². The van der Waals surface area contributed by atoms with Gasteiger partial charge >= 0.3 is 0 Å². The maximum Gasteiger partial charge on any atom is 0.0854 e. The van der Waals surface area contributed by atoms with Gasteiger partial charge in [-0.25, -0.2) is 0 Å². The maximum atomic E-state index is 11.1. The Hall–Kier alpha value is -0.860. The number of aryl methyl sites for hydroxylation is 2. The third-order valence-electron chi connectivity index (χ3n) is 4.86. The van der Waals surface area contributed by atoms with E-state index in [2.05, 4.69) is 36.9 Å². The van der Waals surface area contributed by atoms with E-state index in [1.807, 2.05) is 0 Å². The number of nitrogens with zero attached hydrogens (tertiary/aromatic N) is 1. The van der Waals surface area contributed by atoms with Crippen molar-refractivity contribution in [1.82, 2.24) is 4.90 Å². The molecule has 2 atom stereocenters. The average molecular weight is 259 g/mol. The zero-order valence-electron chi connectivity index (χ0n) is 12.2. The predicted molar refractivity (Wildman–Crippen MR) is 78.4 cm³/mol. The summed E-state index contributed by atoms with van der Waals surface area (Å²) in [7, 11) is 0. The Kier molecular flexibility index (Phi) is 3.40. The van der Waals surface area contributed by atoms with Gasteiger partial charge in [0.25, 0.3) is 0 Å². The van der Waals surface area contributed by atoms with E-state index in [0.717, 1.165) is 19.4 Å². The predicted octanol–water partition coefficient (Wildman–Crippen LogP) is 2.84. The van der Waals surface area contributed by atoms with Gasteiger partial charge in [0.05, 0.1) is 5.60 Å². The van der Waals surface area contributed by atoms with Gasteiger partial charge in [0.2, 0.25) is 0 Å². The Labute approximate surface area is 116 Å². The number of aliphatic hydroxyl groups is 1. The highest BCUT2D eigenvalue weighted by Gasteiger charge is 2.46. The van der Waals surface area contributed by atoms with Gasteiger partial charge in [0, 0.05) is 19.0 Å². The smallest absolute Gasteiger partial charge is 0.0854 e. The minimum absolute atomic E-state index is 0.391. The molecule has 2 heteroatoms. The lowest BCUT2D eigenvalue weighted by Gasteiger charge is -2.37. The molecule has 0 spiro atoms. The summed E-state index contributed by atoms with van der Waals surface area (Å²) >= 11 is 0. The van der Waals surface area contributed by atoms with Gasteiger partial charge < -0.3 is 5.11 Å². The Morgan fingerprint density at radius 1 is 1.16 bits per heavy atom. The van der Waals surface area contributed by atoms with Crippen molar-refractivity contribution in [1.29, 1.82) is 0 Å². The van der Waals surface area contributed by atoms with E-state index >= 15 is 0 Å². The van der Waals surface area contributed by atoms with Gasteiger partial charge in [-0.1, -0.05) is 35.7 Å². The van der Waals surface area contributed by atoms with Crippen LogP contribution in [0.15, 0.2) is 18.2 Å². The summed E-state index contributed by atoms with van der Waals surface area (Å²) in [6.45, 7) is 6.54. The monoisotopic (exact) mass is 259 g/mol. The standard InChI is InChI=1S/C17H25NO/c1-13-9-14(2)11-15(10-13)12-17(19)6-8-18-7-4-3-5-16(17)18/h9-11,16,19H,3-8,12H2,1-2H3. The summed E-state index contributed by atoms with van der Waals surface area (Å²) < 4.78 is 0. The third-order valence-corrected chi connectivity index (χ3v) is 4.86. The van der Waals surface area contributed by atoms with Crippen molar-refractivity contribution in [2.45, 2.75) is 57.6 Å². The molecule has 1 N–H and O–H groups in total. The summed E-state index contributed by atoms with van der Waals surface area (Å²) in [5.74, 6) is 0. The Balaban J connectivity index is 1.81. The molecule has 2 saturated heterocycles. The van der Waals surface area contributed by atoms with E-state index < -0.39 is 5.60 Å². The molecule has 1 aromatic rings. The fraction of sp³-hybridized carbons (Fsp3) is 0.647. The first-order chi connectivity index (χ1) is 9.07. The first-order valence-electron chi connectivity index (χ1n) is 7.60. The van der Waals surface area contributed by atoms with Crippen molar-refractivity contribution in [3.05, 3.63) is 34.9 Å². The Bertz CT molecular complexity index is 450. The largest absolute Gasteiger partial charge is 0.388 e. The van der Waals surface area contributed by atoms with Crippen LogP contribution in [-0.4, -0.2) is 34.7 Å². The van der Waals surface area contributed by atoms with Crippen LogP contribution in [-0.2, 0) is 6.42 Å². The van der Waals surface area contributed by atoms with E-state index in [4.69, 9.17) is 0 Å². The first-order valence-corrected chi connectivity index (χ1v) is 7.60. The van der Waals surface area contributed by atoms with Crippen LogP contribution in [0.5, 0.6) is 0 Å².